The molecule has 0 bridgehead atoms. The topological polar surface area (TPSA) is 26.0 Å². The molecule has 5 rings (SSSR count). The van der Waals surface area contributed by atoms with Crippen molar-refractivity contribution in [3.63, 3.8) is 0 Å². The van der Waals surface area contributed by atoms with E-state index in [0.29, 0.717) is 0 Å². The standard InChI is InChI=1S/C18H13N.C6H6/c19-18-7-3-6-14-16-9-8-12-4-1-2-5-13(12)15(16)10-11-17(14)18;1-2-4-6-5-3-1/h1-11H,19H2;1-6H. The summed E-state index contributed by atoms with van der Waals surface area (Å²) < 4.78 is 0. The van der Waals surface area contributed by atoms with Crippen molar-refractivity contribution in [3.05, 3.63) is 103 Å². The number of anilines is 1. The van der Waals surface area contributed by atoms with Crippen molar-refractivity contribution in [2.24, 2.45) is 0 Å². The molecular weight excluding hydrogens is 302 g/mol. The zero-order valence-electron chi connectivity index (χ0n) is 13.9. The fourth-order valence-electron chi connectivity index (χ4n) is 3.27. The van der Waals surface area contributed by atoms with Gasteiger partial charge in [0.2, 0.25) is 0 Å². The first kappa shape index (κ1) is 15.2. The summed E-state index contributed by atoms with van der Waals surface area (Å²) in [6.45, 7) is 0. The Balaban J connectivity index is 0.000000223. The lowest BCUT2D eigenvalue weighted by atomic mass is 9.96. The number of hydrogen-bond donors (Lipinski definition) is 1. The van der Waals surface area contributed by atoms with E-state index in [1.807, 2.05) is 48.5 Å². The summed E-state index contributed by atoms with van der Waals surface area (Å²) in [4.78, 5) is 0. The molecule has 2 N–H and O–H groups in total. The van der Waals surface area contributed by atoms with Crippen LogP contribution < -0.4 is 5.73 Å². The first-order valence-electron chi connectivity index (χ1n) is 8.43. The minimum absolute atomic E-state index is 0.840. The summed E-state index contributed by atoms with van der Waals surface area (Å²) in [5, 5.41) is 7.48. The Hall–Kier alpha value is -3.32. The maximum absolute atomic E-state index is 6.06. The Morgan fingerprint density at radius 3 is 1.64 bits per heavy atom. The highest BCUT2D eigenvalue weighted by Crippen LogP contribution is 2.32. The van der Waals surface area contributed by atoms with Gasteiger partial charge in [0.15, 0.2) is 0 Å². The van der Waals surface area contributed by atoms with Crippen LogP contribution >= 0.6 is 0 Å². The number of hydrogen-bond acceptors (Lipinski definition) is 1. The van der Waals surface area contributed by atoms with Crippen molar-refractivity contribution in [2.45, 2.75) is 0 Å². The van der Waals surface area contributed by atoms with Crippen molar-refractivity contribution in [2.75, 3.05) is 5.73 Å². The molecular formula is C24H19N. The van der Waals surface area contributed by atoms with Gasteiger partial charge in [0, 0.05) is 11.1 Å². The van der Waals surface area contributed by atoms with Crippen LogP contribution in [0.1, 0.15) is 0 Å². The molecule has 0 amide bonds. The largest absolute Gasteiger partial charge is 0.398 e. The van der Waals surface area contributed by atoms with E-state index < -0.39 is 0 Å². The second kappa shape index (κ2) is 6.66. The summed E-state index contributed by atoms with van der Waals surface area (Å²) in [5.74, 6) is 0. The number of nitrogen functional groups attached to an aromatic ring is 1. The maximum Gasteiger partial charge on any atom is 0.0393 e. The van der Waals surface area contributed by atoms with Gasteiger partial charge in [0.1, 0.15) is 0 Å². The van der Waals surface area contributed by atoms with E-state index in [1.165, 1.54) is 26.9 Å². The van der Waals surface area contributed by atoms with Gasteiger partial charge in [-0.15, -0.1) is 0 Å². The van der Waals surface area contributed by atoms with Crippen molar-refractivity contribution in [1.29, 1.82) is 0 Å². The van der Waals surface area contributed by atoms with E-state index >= 15 is 0 Å². The van der Waals surface area contributed by atoms with E-state index in [0.717, 1.165) is 11.1 Å². The lowest BCUT2D eigenvalue weighted by molar-refractivity contribution is 1.72. The van der Waals surface area contributed by atoms with Crippen LogP contribution in [0.3, 0.4) is 0 Å². The number of rotatable bonds is 0. The Morgan fingerprint density at radius 1 is 0.360 bits per heavy atom. The lowest BCUT2D eigenvalue weighted by Crippen LogP contribution is -1.87. The average molecular weight is 321 g/mol. The third-order valence-corrected chi connectivity index (χ3v) is 4.48. The summed E-state index contributed by atoms with van der Waals surface area (Å²) in [7, 11) is 0. The predicted octanol–water partition coefficient (Wildman–Crippen LogP) is 6.42. The molecule has 0 aliphatic rings. The van der Waals surface area contributed by atoms with Gasteiger partial charge in [-0.2, -0.15) is 0 Å². The Morgan fingerprint density at radius 2 is 0.880 bits per heavy atom. The fourth-order valence-corrected chi connectivity index (χ4v) is 3.27. The first-order chi connectivity index (χ1) is 12.3. The maximum atomic E-state index is 6.06. The molecule has 0 spiro atoms. The second-order valence-corrected chi connectivity index (χ2v) is 6.04. The minimum atomic E-state index is 0.840. The molecule has 0 aliphatic heterocycles. The van der Waals surface area contributed by atoms with Crippen molar-refractivity contribution in [3.8, 4) is 0 Å². The molecule has 1 nitrogen and oxygen atoms in total. The Kier molecular flexibility index (Phi) is 4.05. The minimum Gasteiger partial charge on any atom is -0.398 e. The quantitative estimate of drug-likeness (QED) is 0.259. The molecule has 0 fully saturated rings. The second-order valence-electron chi connectivity index (χ2n) is 6.04. The predicted molar refractivity (Wildman–Crippen MR) is 110 cm³/mol. The van der Waals surface area contributed by atoms with Crippen LogP contribution in [0.5, 0.6) is 0 Å². The number of fused-ring (bicyclic) bond motifs is 5. The van der Waals surface area contributed by atoms with Crippen LogP contribution in [0.4, 0.5) is 5.69 Å². The van der Waals surface area contributed by atoms with Crippen LogP contribution in [0.15, 0.2) is 103 Å². The normalized spacial score (nSPS) is 10.6. The summed E-state index contributed by atoms with van der Waals surface area (Å²) >= 11 is 0. The van der Waals surface area contributed by atoms with Gasteiger partial charge in [-0.1, -0.05) is 97.1 Å². The van der Waals surface area contributed by atoms with Crippen LogP contribution in [-0.4, -0.2) is 0 Å². The molecule has 0 aromatic heterocycles. The molecule has 0 unspecified atom stereocenters. The molecule has 1 heteroatoms. The Labute approximate surface area is 147 Å². The van der Waals surface area contributed by atoms with Gasteiger partial charge in [0.05, 0.1) is 0 Å². The van der Waals surface area contributed by atoms with Gasteiger partial charge in [-0.25, -0.2) is 0 Å². The summed E-state index contributed by atoms with van der Waals surface area (Å²) in [6, 6.07) is 35.3. The SMILES string of the molecule is Nc1cccc2c1ccc1c3ccccc3ccc21.c1ccccc1. The number of benzene rings is 5. The van der Waals surface area contributed by atoms with Gasteiger partial charge < -0.3 is 5.73 Å². The zero-order valence-corrected chi connectivity index (χ0v) is 13.9. The molecule has 5 aromatic rings. The van der Waals surface area contributed by atoms with E-state index in [4.69, 9.17) is 5.73 Å². The van der Waals surface area contributed by atoms with Gasteiger partial charge in [-0.05, 0) is 33.0 Å². The van der Waals surface area contributed by atoms with Crippen molar-refractivity contribution >= 4 is 38.0 Å². The molecule has 0 saturated heterocycles. The zero-order chi connectivity index (χ0) is 17.1. The lowest BCUT2D eigenvalue weighted by Gasteiger charge is -2.08. The highest BCUT2D eigenvalue weighted by molar-refractivity contribution is 6.18. The molecule has 0 aliphatic carbocycles. The molecule has 0 atom stereocenters. The van der Waals surface area contributed by atoms with Crippen LogP contribution in [0, 0.1) is 0 Å². The first-order valence-corrected chi connectivity index (χ1v) is 8.43. The average Bonchev–Trinajstić information content (AvgIpc) is 2.69. The van der Waals surface area contributed by atoms with E-state index in [2.05, 4.69) is 54.6 Å². The van der Waals surface area contributed by atoms with Gasteiger partial charge >= 0.3 is 0 Å². The van der Waals surface area contributed by atoms with Gasteiger partial charge in [-0.3, -0.25) is 0 Å². The highest BCUT2D eigenvalue weighted by Gasteiger charge is 2.05. The Bertz CT molecular complexity index is 1120. The third kappa shape index (κ3) is 2.92. The number of nitrogens with two attached hydrogens (primary N) is 1. The summed E-state index contributed by atoms with van der Waals surface area (Å²) in [6.07, 6.45) is 0. The third-order valence-electron chi connectivity index (χ3n) is 4.48. The molecule has 25 heavy (non-hydrogen) atoms. The molecule has 5 aromatic carbocycles. The van der Waals surface area contributed by atoms with Crippen molar-refractivity contribution < 1.29 is 0 Å². The smallest absolute Gasteiger partial charge is 0.0393 e. The monoisotopic (exact) mass is 321 g/mol. The van der Waals surface area contributed by atoms with Crippen molar-refractivity contribution in [1.82, 2.24) is 0 Å². The fraction of sp³-hybridized carbons (Fsp3) is 0. The highest BCUT2D eigenvalue weighted by atomic mass is 14.5. The van der Waals surface area contributed by atoms with E-state index in [1.54, 1.807) is 0 Å². The molecule has 0 saturated carbocycles. The van der Waals surface area contributed by atoms with Crippen LogP contribution in [0.2, 0.25) is 0 Å². The summed E-state index contributed by atoms with van der Waals surface area (Å²) in [5.41, 5.74) is 6.90. The molecule has 120 valence electrons. The van der Waals surface area contributed by atoms with E-state index in [-0.39, 0.29) is 0 Å². The van der Waals surface area contributed by atoms with Crippen LogP contribution in [0.25, 0.3) is 32.3 Å². The molecule has 0 heterocycles. The molecule has 0 radical (unpaired) electrons. The van der Waals surface area contributed by atoms with Gasteiger partial charge in [0.25, 0.3) is 0 Å². The van der Waals surface area contributed by atoms with E-state index in [9.17, 15) is 0 Å². The van der Waals surface area contributed by atoms with Crippen LogP contribution in [-0.2, 0) is 0 Å².